The average molecular weight is 535 g/mol. The Morgan fingerprint density at radius 2 is 2.11 bits per heavy atom. The molecule has 2 aromatic carbocycles. The van der Waals surface area contributed by atoms with Gasteiger partial charge in [-0.1, -0.05) is 12.1 Å². The van der Waals surface area contributed by atoms with Gasteiger partial charge in [-0.3, -0.25) is 4.79 Å². The SMILES string of the molecule is COc1cccc2cc(-c3nc4cc(C=O)c(CCN(C)CC(N)CF)cc4n3C)n(Cc3ccns3)c12. The lowest BCUT2D eigenvalue weighted by molar-refractivity contribution is 0.112. The minimum Gasteiger partial charge on any atom is -0.495 e. The van der Waals surface area contributed by atoms with Gasteiger partial charge in [0.1, 0.15) is 18.7 Å². The van der Waals surface area contributed by atoms with Crippen LogP contribution in [0.25, 0.3) is 33.5 Å². The molecule has 1 unspecified atom stereocenters. The van der Waals surface area contributed by atoms with Crippen LogP contribution in [0, 0.1) is 0 Å². The van der Waals surface area contributed by atoms with Crippen LogP contribution in [0.3, 0.4) is 0 Å². The zero-order valence-electron chi connectivity index (χ0n) is 21.7. The van der Waals surface area contributed by atoms with Crippen LogP contribution < -0.4 is 10.5 Å². The second-order valence-electron chi connectivity index (χ2n) is 9.57. The third kappa shape index (κ3) is 4.94. The number of benzene rings is 2. The van der Waals surface area contributed by atoms with Crippen LogP contribution in [0.1, 0.15) is 20.8 Å². The summed E-state index contributed by atoms with van der Waals surface area (Å²) in [5.74, 6) is 1.59. The number of hydrogen-bond acceptors (Lipinski definition) is 7. The number of aromatic nitrogens is 4. The molecular weight excluding hydrogens is 503 g/mol. The molecule has 0 radical (unpaired) electrons. The number of carbonyl (C=O) groups excluding carboxylic acids is 1. The molecule has 198 valence electrons. The Labute approximate surface area is 224 Å². The maximum absolute atomic E-state index is 12.8. The van der Waals surface area contributed by atoms with Crippen molar-refractivity contribution >= 4 is 39.8 Å². The van der Waals surface area contributed by atoms with E-state index in [-0.39, 0.29) is 0 Å². The Bertz CT molecular complexity index is 1580. The van der Waals surface area contributed by atoms with Gasteiger partial charge in [-0.05, 0) is 60.9 Å². The van der Waals surface area contributed by atoms with Gasteiger partial charge in [-0.2, -0.15) is 0 Å². The highest BCUT2D eigenvalue weighted by Crippen LogP contribution is 2.35. The topological polar surface area (TPSA) is 91.2 Å². The van der Waals surface area contributed by atoms with Crippen molar-refractivity contribution in [3.8, 4) is 17.3 Å². The first kappa shape index (κ1) is 26.0. The Kier molecular flexibility index (Phi) is 7.55. The Balaban J connectivity index is 1.58. The van der Waals surface area contributed by atoms with Crippen molar-refractivity contribution in [1.82, 2.24) is 23.4 Å². The van der Waals surface area contributed by atoms with Gasteiger partial charge in [-0.25, -0.2) is 13.7 Å². The number of nitrogens with zero attached hydrogens (tertiary/aromatic N) is 5. The van der Waals surface area contributed by atoms with E-state index in [1.807, 2.05) is 55.5 Å². The molecule has 0 spiro atoms. The van der Waals surface area contributed by atoms with Crippen molar-refractivity contribution in [2.24, 2.45) is 12.8 Å². The molecule has 0 amide bonds. The summed E-state index contributed by atoms with van der Waals surface area (Å²) in [6.45, 7) is 1.19. The van der Waals surface area contributed by atoms with Crippen molar-refractivity contribution in [3.63, 3.8) is 0 Å². The number of hydrogen-bond donors (Lipinski definition) is 1. The third-order valence-electron chi connectivity index (χ3n) is 6.91. The van der Waals surface area contributed by atoms with Crippen LogP contribution in [0.4, 0.5) is 4.39 Å². The average Bonchev–Trinajstić information content (AvgIpc) is 3.65. The molecule has 38 heavy (non-hydrogen) atoms. The molecule has 0 fully saturated rings. The molecule has 0 aliphatic carbocycles. The first-order valence-electron chi connectivity index (χ1n) is 12.4. The summed E-state index contributed by atoms with van der Waals surface area (Å²) in [5.41, 5.74) is 10.9. The number of halogens is 1. The van der Waals surface area contributed by atoms with Crippen molar-refractivity contribution in [2.75, 3.05) is 33.9 Å². The molecule has 3 heterocycles. The van der Waals surface area contributed by atoms with E-state index in [1.54, 1.807) is 7.11 Å². The fourth-order valence-electron chi connectivity index (χ4n) is 4.99. The molecule has 2 N–H and O–H groups in total. The minimum atomic E-state index is -0.556. The van der Waals surface area contributed by atoms with Gasteiger partial charge in [0.15, 0.2) is 5.82 Å². The lowest BCUT2D eigenvalue weighted by atomic mass is 10.0. The van der Waals surface area contributed by atoms with Gasteiger partial charge in [0.05, 0.1) is 35.9 Å². The number of imidazole rings is 1. The number of rotatable bonds is 11. The Hall–Kier alpha value is -3.60. The fourth-order valence-corrected chi connectivity index (χ4v) is 5.55. The number of para-hydroxylation sites is 1. The smallest absolute Gasteiger partial charge is 0.157 e. The largest absolute Gasteiger partial charge is 0.495 e. The standard InChI is InChI=1S/C28H31FN6O2S/c1-33(15-21(30)14-29)10-8-18-12-24-23(11-20(18)17-36)32-28(34(24)2)25-13-19-5-4-6-26(37-3)27(19)35(25)16-22-7-9-31-38-22/h4-7,9,11-13,17,21H,8,10,14-16,30H2,1-3H3. The van der Waals surface area contributed by atoms with E-state index in [2.05, 4.69) is 25.6 Å². The van der Waals surface area contributed by atoms with Gasteiger partial charge < -0.3 is 24.5 Å². The molecule has 1 atom stereocenters. The van der Waals surface area contributed by atoms with Crippen molar-refractivity contribution in [3.05, 3.63) is 64.7 Å². The molecule has 8 nitrogen and oxygen atoms in total. The first-order chi connectivity index (χ1) is 18.4. The number of nitrogens with two attached hydrogens (primary N) is 1. The lowest BCUT2D eigenvalue weighted by Gasteiger charge is -2.19. The zero-order chi connectivity index (χ0) is 26.8. The molecule has 0 aliphatic heterocycles. The predicted octanol–water partition coefficient (Wildman–Crippen LogP) is 4.29. The van der Waals surface area contributed by atoms with Crippen molar-refractivity contribution < 1.29 is 13.9 Å². The van der Waals surface area contributed by atoms with E-state index in [1.165, 1.54) is 11.5 Å². The number of likely N-dealkylation sites (N-methyl/N-ethyl adjacent to an activating group) is 1. The van der Waals surface area contributed by atoms with Crippen LogP contribution in [-0.4, -0.2) is 69.6 Å². The summed E-state index contributed by atoms with van der Waals surface area (Å²) >= 11 is 1.47. The van der Waals surface area contributed by atoms with Gasteiger partial charge in [0, 0.05) is 48.2 Å². The number of aldehydes is 1. The molecule has 5 aromatic rings. The van der Waals surface area contributed by atoms with Crippen molar-refractivity contribution in [2.45, 2.75) is 19.0 Å². The normalized spacial score (nSPS) is 12.6. The van der Waals surface area contributed by atoms with E-state index in [4.69, 9.17) is 15.5 Å². The second-order valence-corrected chi connectivity index (χ2v) is 10.5. The number of fused-ring (bicyclic) bond motifs is 2. The molecule has 3 aromatic heterocycles. The monoisotopic (exact) mass is 534 g/mol. The third-order valence-corrected chi connectivity index (χ3v) is 7.64. The Morgan fingerprint density at radius 1 is 1.26 bits per heavy atom. The van der Waals surface area contributed by atoms with Gasteiger partial charge in [0.2, 0.25) is 0 Å². The molecule has 0 bridgehead atoms. The number of ether oxygens (including phenoxy) is 1. The van der Waals surface area contributed by atoms with Crippen LogP contribution in [0.5, 0.6) is 5.75 Å². The number of alkyl halides is 1. The number of methoxy groups -OCH3 is 1. The molecular formula is C28H31FN6O2S. The zero-order valence-corrected chi connectivity index (χ0v) is 22.5. The van der Waals surface area contributed by atoms with Crippen molar-refractivity contribution in [1.29, 1.82) is 0 Å². The lowest BCUT2D eigenvalue weighted by Crippen LogP contribution is -2.37. The Morgan fingerprint density at radius 3 is 2.82 bits per heavy atom. The molecule has 0 saturated carbocycles. The summed E-state index contributed by atoms with van der Waals surface area (Å²) in [6.07, 6.45) is 3.33. The van der Waals surface area contributed by atoms with E-state index < -0.39 is 12.7 Å². The van der Waals surface area contributed by atoms with Gasteiger partial charge in [0.25, 0.3) is 0 Å². The van der Waals surface area contributed by atoms with Crippen LogP contribution in [0.2, 0.25) is 0 Å². The van der Waals surface area contributed by atoms with Gasteiger partial charge >= 0.3 is 0 Å². The number of aryl methyl sites for hydroxylation is 1. The summed E-state index contributed by atoms with van der Waals surface area (Å²) in [4.78, 5) is 20.1. The van der Waals surface area contributed by atoms with E-state index in [0.29, 0.717) is 31.6 Å². The first-order valence-corrected chi connectivity index (χ1v) is 13.2. The summed E-state index contributed by atoms with van der Waals surface area (Å²) in [5, 5.41) is 1.06. The maximum atomic E-state index is 12.8. The van der Waals surface area contributed by atoms with E-state index >= 15 is 0 Å². The highest BCUT2D eigenvalue weighted by Gasteiger charge is 2.21. The maximum Gasteiger partial charge on any atom is 0.157 e. The van der Waals surface area contributed by atoms with Crippen LogP contribution in [0.15, 0.2) is 48.7 Å². The minimum absolute atomic E-state index is 0.457. The fraction of sp³-hybridized carbons (Fsp3) is 0.321. The number of carbonyl (C=O) groups is 1. The second kappa shape index (κ2) is 11.0. The quantitative estimate of drug-likeness (QED) is 0.254. The highest BCUT2D eigenvalue weighted by atomic mass is 32.1. The molecule has 10 heteroatoms. The van der Waals surface area contributed by atoms with Crippen LogP contribution >= 0.6 is 11.5 Å². The molecule has 0 aliphatic rings. The predicted molar refractivity (Wildman–Crippen MR) is 150 cm³/mol. The molecule has 0 saturated heterocycles. The summed E-state index contributed by atoms with van der Waals surface area (Å²) in [6, 6.07) is 13.5. The summed E-state index contributed by atoms with van der Waals surface area (Å²) < 4.78 is 27.1. The van der Waals surface area contributed by atoms with E-state index in [0.717, 1.165) is 55.9 Å². The van der Waals surface area contributed by atoms with Gasteiger partial charge in [-0.15, -0.1) is 0 Å². The summed E-state index contributed by atoms with van der Waals surface area (Å²) in [7, 11) is 5.58. The van der Waals surface area contributed by atoms with E-state index in [9.17, 15) is 9.18 Å². The molecule has 5 rings (SSSR count). The van der Waals surface area contributed by atoms with Crippen LogP contribution in [-0.2, 0) is 20.0 Å². The highest BCUT2D eigenvalue weighted by molar-refractivity contribution is 7.05.